The maximum Gasteiger partial charge on any atom is 0.240 e. The highest BCUT2D eigenvalue weighted by Crippen LogP contribution is 2.21. The average Bonchev–Trinajstić information content (AvgIpc) is 2.83. The molecule has 0 amide bonds. The molecule has 0 spiro atoms. The number of rotatable bonds is 5. The lowest BCUT2D eigenvalue weighted by Crippen LogP contribution is -2.14. The summed E-state index contributed by atoms with van der Waals surface area (Å²) in [5, 5.41) is 9.15. The molecule has 0 aliphatic heterocycles. The number of para-hydroxylation sites is 1. The van der Waals surface area contributed by atoms with Crippen LogP contribution in [0.1, 0.15) is 16.8 Å². The molecule has 0 saturated heterocycles. The fourth-order valence-corrected chi connectivity index (χ4v) is 3.14. The molecule has 0 atom stereocenters. The molecule has 0 saturated carbocycles. The van der Waals surface area contributed by atoms with Gasteiger partial charge in [-0.15, -0.1) is 11.3 Å². The van der Waals surface area contributed by atoms with Crippen molar-refractivity contribution in [2.24, 2.45) is 5.14 Å². The van der Waals surface area contributed by atoms with Gasteiger partial charge in [0.1, 0.15) is 9.90 Å². The Morgan fingerprint density at radius 2 is 2.11 bits per heavy atom. The molecule has 19 heavy (non-hydrogen) atoms. The second kappa shape index (κ2) is 5.68. The van der Waals surface area contributed by atoms with E-state index in [-0.39, 0.29) is 4.90 Å². The van der Waals surface area contributed by atoms with Gasteiger partial charge in [-0.05, 0) is 18.6 Å². The summed E-state index contributed by atoms with van der Waals surface area (Å²) in [6, 6.07) is 6.57. The van der Waals surface area contributed by atoms with Gasteiger partial charge >= 0.3 is 0 Å². The summed E-state index contributed by atoms with van der Waals surface area (Å²) in [5.74, 6) is 0. The van der Waals surface area contributed by atoms with Crippen LogP contribution in [-0.4, -0.2) is 13.4 Å². The zero-order valence-electron chi connectivity index (χ0n) is 10.5. The highest BCUT2D eigenvalue weighted by Gasteiger charge is 2.13. The first-order chi connectivity index (χ1) is 9.00. The summed E-state index contributed by atoms with van der Waals surface area (Å²) in [7, 11) is -3.72. The first-order valence-corrected chi connectivity index (χ1v) is 8.16. The second-order valence-corrected chi connectivity index (χ2v) is 6.70. The summed E-state index contributed by atoms with van der Waals surface area (Å²) < 4.78 is 22.9. The second-order valence-electron chi connectivity index (χ2n) is 3.97. The van der Waals surface area contributed by atoms with Crippen LogP contribution in [0.4, 0.5) is 5.69 Å². The maximum atomic E-state index is 11.4. The smallest absolute Gasteiger partial charge is 0.240 e. The molecular formula is C12H15N3O2S2. The Labute approximate surface area is 116 Å². The fourth-order valence-electron chi connectivity index (χ4n) is 1.62. The predicted molar refractivity (Wildman–Crippen MR) is 76.6 cm³/mol. The molecule has 1 aromatic heterocycles. The first kappa shape index (κ1) is 14.0. The summed E-state index contributed by atoms with van der Waals surface area (Å²) in [6.07, 6.45) is 2.79. The van der Waals surface area contributed by atoms with Crippen molar-refractivity contribution in [1.82, 2.24) is 4.98 Å². The molecule has 3 N–H and O–H groups in total. The molecule has 2 aromatic rings. The molecule has 0 aliphatic carbocycles. The van der Waals surface area contributed by atoms with Crippen molar-refractivity contribution in [2.75, 3.05) is 5.32 Å². The van der Waals surface area contributed by atoms with Crippen LogP contribution in [-0.2, 0) is 23.0 Å². The number of aromatic nitrogens is 1. The Morgan fingerprint density at radius 1 is 1.37 bits per heavy atom. The molecule has 7 heteroatoms. The van der Waals surface area contributed by atoms with Crippen molar-refractivity contribution in [1.29, 1.82) is 0 Å². The monoisotopic (exact) mass is 297 g/mol. The number of hydrogen-bond acceptors (Lipinski definition) is 5. The lowest BCUT2D eigenvalue weighted by Gasteiger charge is -2.08. The van der Waals surface area contributed by atoms with Crippen LogP contribution in [0.15, 0.2) is 35.4 Å². The molecule has 102 valence electrons. The third-order valence-electron chi connectivity index (χ3n) is 2.57. The van der Waals surface area contributed by atoms with Gasteiger partial charge in [0.15, 0.2) is 0 Å². The van der Waals surface area contributed by atoms with Crippen LogP contribution >= 0.6 is 11.3 Å². The minimum atomic E-state index is -3.72. The number of nitrogens with two attached hydrogens (primary N) is 1. The zero-order valence-corrected chi connectivity index (χ0v) is 12.1. The highest BCUT2D eigenvalue weighted by atomic mass is 32.2. The average molecular weight is 297 g/mol. The van der Waals surface area contributed by atoms with Gasteiger partial charge in [0, 0.05) is 11.1 Å². The Bertz CT molecular complexity index is 665. The Hall–Kier alpha value is -1.44. The van der Waals surface area contributed by atoms with E-state index in [1.165, 1.54) is 10.9 Å². The molecule has 1 heterocycles. The largest absolute Gasteiger partial charge is 0.377 e. The number of nitrogens with zero attached hydrogens (tertiary/aromatic N) is 1. The standard InChI is InChI=1S/C12H15N3O2S2/c1-2-9-7-15-12(18-9)8-14-10-5-3-4-6-11(10)19(13,16)17/h3-7,14H,2,8H2,1H3,(H2,13,16,17). The summed E-state index contributed by atoms with van der Waals surface area (Å²) in [5.41, 5.74) is 0.498. The number of anilines is 1. The minimum Gasteiger partial charge on any atom is -0.377 e. The molecule has 1 aromatic carbocycles. The van der Waals surface area contributed by atoms with Crippen LogP contribution in [0.5, 0.6) is 0 Å². The van der Waals surface area contributed by atoms with Crippen molar-refractivity contribution in [3.05, 3.63) is 40.3 Å². The van der Waals surface area contributed by atoms with Gasteiger partial charge in [-0.3, -0.25) is 0 Å². The molecule has 2 rings (SSSR count). The van der Waals surface area contributed by atoms with E-state index in [0.29, 0.717) is 12.2 Å². The highest BCUT2D eigenvalue weighted by molar-refractivity contribution is 7.89. The van der Waals surface area contributed by atoms with E-state index in [0.717, 1.165) is 11.4 Å². The number of sulfonamides is 1. The van der Waals surface area contributed by atoms with Gasteiger partial charge in [0.05, 0.1) is 12.2 Å². The summed E-state index contributed by atoms with van der Waals surface area (Å²) >= 11 is 1.61. The SMILES string of the molecule is CCc1cnc(CNc2ccccc2S(N)(=O)=O)s1. The van der Waals surface area contributed by atoms with Crippen LogP contribution in [0.3, 0.4) is 0 Å². The Balaban J connectivity index is 2.16. The number of aryl methyl sites for hydroxylation is 1. The van der Waals surface area contributed by atoms with Crippen molar-refractivity contribution < 1.29 is 8.42 Å². The van der Waals surface area contributed by atoms with Gasteiger partial charge < -0.3 is 5.32 Å². The summed E-state index contributed by atoms with van der Waals surface area (Å²) in [4.78, 5) is 5.57. The zero-order chi connectivity index (χ0) is 13.9. The number of benzene rings is 1. The molecular weight excluding hydrogens is 282 g/mol. The van der Waals surface area contributed by atoms with Gasteiger partial charge in [0.25, 0.3) is 0 Å². The van der Waals surface area contributed by atoms with Gasteiger partial charge in [-0.1, -0.05) is 19.1 Å². The molecule has 0 bridgehead atoms. The van der Waals surface area contributed by atoms with E-state index in [1.54, 1.807) is 29.5 Å². The summed E-state index contributed by atoms with van der Waals surface area (Å²) in [6.45, 7) is 2.55. The van der Waals surface area contributed by atoms with Gasteiger partial charge in [-0.2, -0.15) is 0 Å². The molecule has 5 nitrogen and oxygen atoms in total. The number of nitrogens with one attached hydrogen (secondary N) is 1. The van der Waals surface area contributed by atoms with E-state index in [4.69, 9.17) is 5.14 Å². The predicted octanol–water partition coefficient (Wildman–Crippen LogP) is 1.97. The van der Waals surface area contributed by atoms with Crippen LogP contribution in [0, 0.1) is 0 Å². The Kier molecular flexibility index (Phi) is 4.18. The maximum absolute atomic E-state index is 11.4. The third kappa shape index (κ3) is 3.52. The van der Waals surface area contributed by atoms with Crippen molar-refractivity contribution in [2.45, 2.75) is 24.8 Å². The topological polar surface area (TPSA) is 85.1 Å². The molecule has 0 unspecified atom stereocenters. The van der Waals surface area contributed by atoms with E-state index in [9.17, 15) is 8.42 Å². The van der Waals surface area contributed by atoms with Crippen LogP contribution in [0.25, 0.3) is 0 Å². The van der Waals surface area contributed by atoms with Gasteiger partial charge in [-0.25, -0.2) is 18.5 Å². The number of primary sulfonamides is 1. The normalized spacial score (nSPS) is 11.5. The van der Waals surface area contributed by atoms with Crippen molar-refractivity contribution >= 4 is 27.0 Å². The van der Waals surface area contributed by atoms with E-state index >= 15 is 0 Å². The molecule has 0 fully saturated rings. The number of hydrogen-bond donors (Lipinski definition) is 2. The van der Waals surface area contributed by atoms with Crippen LogP contribution < -0.4 is 10.5 Å². The van der Waals surface area contributed by atoms with E-state index < -0.39 is 10.0 Å². The van der Waals surface area contributed by atoms with Crippen LogP contribution in [0.2, 0.25) is 0 Å². The lowest BCUT2D eigenvalue weighted by atomic mass is 10.3. The quantitative estimate of drug-likeness (QED) is 0.883. The van der Waals surface area contributed by atoms with E-state index in [1.807, 2.05) is 6.20 Å². The van der Waals surface area contributed by atoms with Crippen molar-refractivity contribution in [3.63, 3.8) is 0 Å². The van der Waals surface area contributed by atoms with E-state index in [2.05, 4.69) is 17.2 Å². The third-order valence-corrected chi connectivity index (χ3v) is 4.68. The minimum absolute atomic E-state index is 0.0993. The Morgan fingerprint density at radius 3 is 2.74 bits per heavy atom. The molecule has 0 radical (unpaired) electrons. The van der Waals surface area contributed by atoms with Gasteiger partial charge in [0.2, 0.25) is 10.0 Å². The first-order valence-electron chi connectivity index (χ1n) is 5.80. The number of thiazole rings is 1. The fraction of sp³-hybridized carbons (Fsp3) is 0.250. The molecule has 0 aliphatic rings. The lowest BCUT2D eigenvalue weighted by molar-refractivity contribution is 0.598. The van der Waals surface area contributed by atoms with Crippen molar-refractivity contribution in [3.8, 4) is 0 Å².